The van der Waals surface area contributed by atoms with Crippen LogP contribution in [0.25, 0.3) is 0 Å². The number of H-pyrrole nitrogens is 1. The molecule has 0 aliphatic rings. The van der Waals surface area contributed by atoms with Crippen LogP contribution in [0, 0.1) is 0 Å². The Morgan fingerprint density at radius 2 is 2.17 bits per heavy atom. The lowest BCUT2D eigenvalue weighted by Gasteiger charge is -2.16. The molecule has 0 bridgehead atoms. The summed E-state index contributed by atoms with van der Waals surface area (Å²) in [6.07, 6.45) is 1.46. The normalized spacial score (nSPS) is 11.6. The smallest absolute Gasteiger partial charge is 0.252 e. The van der Waals surface area contributed by atoms with Crippen molar-refractivity contribution in [2.24, 2.45) is 5.73 Å². The fraction of sp³-hybridized carbons (Fsp3) is 0.500. The first-order chi connectivity index (χ1) is 5.43. The number of aromatic amines is 1. The van der Waals surface area contributed by atoms with E-state index >= 15 is 0 Å². The lowest BCUT2D eigenvalue weighted by Crippen LogP contribution is -2.20. The fourth-order valence-electron chi connectivity index (χ4n) is 1.04. The summed E-state index contributed by atoms with van der Waals surface area (Å²) in [5.41, 5.74) is 6.29. The topological polar surface area (TPSA) is 71.8 Å². The Hall–Kier alpha value is -1.32. The molecule has 0 atom stereocenters. The maximum atomic E-state index is 10.9. The van der Waals surface area contributed by atoms with Crippen LogP contribution in [0.1, 0.15) is 36.8 Å². The van der Waals surface area contributed by atoms with E-state index in [4.69, 9.17) is 5.73 Å². The van der Waals surface area contributed by atoms with Gasteiger partial charge >= 0.3 is 0 Å². The minimum absolute atomic E-state index is 0.124. The number of nitrogens with one attached hydrogen (secondary N) is 1. The number of hydrogen-bond acceptors (Lipinski definition) is 2. The van der Waals surface area contributed by atoms with Crippen molar-refractivity contribution in [2.45, 2.75) is 26.2 Å². The van der Waals surface area contributed by atoms with Crippen molar-refractivity contribution in [1.82, 2.24) is 10.2 Å². The van der Waals surface area contributed by atoms with E-state index in [0.717, 1.165) is 5.69 Å². The Bertz CT molecular complexity index is 295. The zero-order valence-corrected chi connectivity index (χ0v) is 7.51. The molecule has 0 fully saturated rings. The Morgan fingerprint density at radius 1 is 1.58 bits per heavy atom. The van der Waals surface area contributed by atoms with E-state index < -0.39 is 5.91 Å². The first kappa shape index (κ1) is 8.77. The molecule has 4 heteroatoms. The molecular weight excluding hydrogens is 154 g/mol. The largest absolute Gasteiger partial charge is 0.365 e. The highest BCUT2D eigenvalue weighted by molar-refractivity contribution is 5.93. The molecule has 12 heavy (non-hydrogen) atoms. The number of primary amides is 1. The van der Waals surface area contributed by atoms with Gasteiger partial charge in [0.2, 0.25) is 0 Å². The van der Waals surface area contributed by atoms with E-state index in [-0.39, 0.29) is 5.41 Å². The molecule has 0 saturated carbocycles. The molecule has 0 saturated heterocycles. The predicted molar refractivity (Wildman–Crippen MR) is 45.8 cm³/mol. The maximum Gasteiger partial charge on any atom is 0.252 e. The van der Waals surface area contributed by atoms with Gasteiger partial charge in [0.05, 0.1) is 17.5 Å². The standard InChI is InChI=1S/C8H13N3O/c1-8(2,3)6-5(7(9)12)4-10-11-6/h4H,1-3H3,(H2,9,12)(H,10,11). The Balaban J connectivity index is 3.17. The highest BCUT2D eigenvalue weighted by atomic mass is 16.1. The number of aromatic nitrogens is 2. The number of carbonyl (C=O) groups excluding carboxylic acids is 1. The zero-order chi connectivity index (χ0) is 9.35. The molecule has 66 valence electrons. The summed E-state index contributed by atoms with van der Waals surface area (Å²) in [5.74, 6) is -0.436. The van der Waals surface area contributed by atoms with Crippen molar-refractivity contribution >= 4 is 5.91 Å². The molecule has 1 rings (SSSR count). The quantitative estimate of drug-likeness (QED) is 0.649. The van der Waals surface area contributed by atoms with Crippen LogP contribution in [0.3, 0.4) is 0 Å². The van der Waals surface area contributed by atoms with Crippen molar-refractivity contribution in [3.8, 4) is 0 Å². The van der Waals surface area contributed by atoms with E-state index in [1.54, 1.807) is 0 Å². The predicted octanol–water partition coefficient (Wildman–Crippen LogP) is 0.806. The van der Waals surface area contributed by atoms with Gasteiger partial charge in [-0.1, -0.05) is 20.8 Å². The van der Waals surface area contributed by atoms with E-state index in [9.17, 15) is 4.79 Å². The van der Waals surface area contributed by atoms with E-state index in [1.165, 1.54) is 6.20 Å². The molecule has 1 amide bonds. The van der Waals surface area contributed by atoms with Crippen molar-refractivity contribution in [3.05, 3.63) is 17.5 Å². The molecule has 0 spiro atoms. The second-order valence-corrected chi connectivity index (χ2v) is 3.77. The molecule has 0 radical (unpaired) electrons. The summed E-state index contributed by atoms with van der Waals surface area (Å²) in [6, 6.07) is 0. The van der Waals surface area contributed by atoms with Crippen LogP contribution in [0.2, 0.25) is 0 Å². The second-order valence-electron chi connectivity index (χ2n) is 3.77. The minimum atomic E-state index is -0.436. The lowest BCUT2D eigenvalue weighted by atomic mass is 9.89. The number of hydrogen-bond donors (Lipinski definition) is 2. The van der Waals surface area contributed by atoms with E-state index in [0.29, 0.717) is 5.56 Å². The van der Waals surface area contributed by atoms with Crippen LogP contribution in [0.5, 0.6) is 0 Å². The minimum Gasteiger partial charge on any atom is -0.365 e. The van der Waals surface area contributed by atoms with Gasteiger partial charge < -0.3 is 5.73 Å². The van der Waals surface area contributed by atoms with Gasteiger partial charge in [0.1, 0.15) is 0 Å². The van der Waals surface area contributed by atoms with Crippen LogP contribution in [-0.2, 0) is 5.41 Å². The van der Waals surface area contributed by atoms with Gasteiger partial charge in [-0.2, -0.15) is 5.10 Å². The summed E-state index contributed by atoms with van der Waals surface area (Å²) in [7, 11) is 0. The summed E-state index contributed by atoms with van der Waals surface area (Å²) in [5, 5.41) is 6.56. The highest BCUT2D eigenvalue weighted by Gasteiger charge is 2.22. The van der Waals surface area contributed by atoms with Crippen molar-refractivity contribution in [2.75, 3.05) is 0 Å². The molecule has 0 aromatic carbocycles. The molecule has 1 aromatic heterocycles. The second kappa shape index (κ2) is 2.62. The Labute approximate surface area is 71.2 Å². The monoisotopic (exact) mass is 167 g/mol. The van der Waals surface area contributed by atoms with Crippen LogP contribution in [0.4, 0.5) is 0 Å². The number of rotatable bonds is 1. The van der Waals surface area contributed by atoms with Crippen molar-refractivity contribution < 1.29 is 4.79 Å². The average Bonchev–Trinajstić information content (AvgIpc) is 2.30. The first-order valence-electron chi connectivity index (χ1n) is 3.76. The molecule has 0 aliphatic heterocycles. The van der Waals surface area contributed by atoms with E-state index in [2.05, 4.69) is 10.2 Å². The van der Waals surface area contributed by atoms with Gasteiger partial charge in [0.15, 0.2) is 0 Å². The fourth-order valence-corrected chi connectivity index (χ4v) is 1.04. The van der Waals surface area contributed by atoms with Gasteiger partial charge in [-0.25, -0.2) is 0 Å². The van der Waals surface area contributed by atoms with Gasteiger partial charge in [0, 0.05) is 5.41 Å². The number of nitrogens with zero attached hydrogens (tertiary/aromatic N) is 1. The molecule has 0 aliphatic carbocycles. The van der Waals surface area contributed by atoms with Crippen LogP contribution >= 0.6 is 0 Å². The summed E-state index contributed by atoms with van der Waals surface area (Å²) in [6.45, 7) is 5.98. The molecule has 0 unspecified atom stereocenters. The van der Waals surface area contributed by atoms with Gasteiger partial charge in [-0.05, 0) is 0 Å². The van der Waals surface area contributed by atoms with Gasteiger partial charge in [-0.15, -0.1) is 0 Å². The third kappa shape index (κ3) is 1.47. The van der Waals surface area contributed by atoms with Crippen LogP contribution < -0.4 is 5.73 Å². The SMILES string of the molecule is CC(C)(C)c1[nH]ncc1C(N)=O. The van der Waals surface area contributed by atoms with Crippen LogP contribution in [-0.4, -0.2) is 16.1 Å². The molecular formula is C8H13N3O. The van der Waals surface area contributed by atoms with Crippen LogP contribution in [0.15, 0.2) is 6.20 Å². The zero-order valence-electron chi connectivity index (χ0n) is 7.51. The summed E-state index contributed by atoms with van der Waals surface area (Å²) >= 11 is 0. The van der Waals surface area contributed by atoms with E-state index in [1.807, 2.05) is 20.8 Å². The number of carbonyl (C=O) groups is 1. The lowest BCUT2D eigenvalue weighted by molar-refractivity contribution is 0.0998. The van der Waals surface area contributed by atoms with Gasteiger partial charge in [0.25, 0.3) is 5.91 Å². The maximum absolute atomic E-state index is 10.9. The van der Waals surface area contributed by atoms with Crippen molar-refractivity contribution in [1.29, 1.82) is 0 Å². The molecule has 3 N–H and O–H groups in total. The molecule has 4 nitrogen and oxygen atoms in total. The summed E-state index contributed by atoms with van der Waals surface area (Å²) < 4.78 is 0. The molecule has 1 aromatic rings. The Kier molecular flexibility index (Phi) is 1.92. The molecule has 1 heterocycles. The van der Waals surface area contributed by atoms with Gasteiger partial charge in [-0.3, -0.25) is 9.89 Å². The number of amides is 1. The average molecular weight is 167 g/mol. The third-order valence-corrected chi connectivity index (χ3v) is 1.65. The summed E-state index contributed by atoms with van der Waals surface area (Å²) in [4.78, 5) is 10.9. The van der Waals surface area contributed by atoms with Crippen molar-refractivity contribution in [3.63, 3.8) is 0 Å². The first-order valence-corrected chi connectivity index (χ1v) is 3.76. The number of nitrogens with two attached hydrogens (primary N) is 1. The Morgan fingerprint density at radius 3 is 2.50 bits per heavy atom. The third-order valence-electron chi connectivity index (χ3n) is 1.65. The highest BCUT2D eigenvalue weighted by Crippen LogP contribution is 2.22.